The maximum Gasteiger partial charge on any atom is 0.114 e. The van der Waals surface area contributed by atoms with E-state index in [0.717, 1.165) is 6.61 Å². The highest BCUT2D eigenvalue weighted by Gasteiger charge is 2.32. The second-order valence-electron chi connectivity index (χ2n) is 3.43. The summed E-state index contributed by atoms with van der Waals surface area (Å²) in [7, 11) is -0.534. The minimum absolute atomic E-state index is 0.534. The molecule has 2 heteroatoms. The van der Waals surface area contributed by atoms with E-state index < -0.39 is 7.26 Å². The van der Waals surface area contributed by atoms with Gasteiger partial charge in [0.1, 0.15) is 6.10 Å². The van der Waals surface area contributed by atoms with Gasteiger partial charge in [-0.3, -0.25) is 0 Å². The van der Waals surface area contributed by atoms with Crippen LogP contribution in [0.15, 0.2) is 0 Å². The lowest BCUT2D eigenvalue weighted by Crippen LogP contribution is -1.99. The van der Waals surface area contributed by atoms with Crippen LogP contribution in [-0.2, 0) is 4.74 Å². The first kappa shape index (κ1) is 6.51. The molecule has 0 N–H and O–H groups in total. The van der Waals surface area contributed by atoms with Crippen LogP contribution < -0.4 is 0 Å². The molecule has 1 fully saturated rings. The van der Waals surface area contributed by atoms with Gasteiger partial charge in [-0.1, -0.05) is 0 Å². The summed E-state index contributed by atoms with van der Waals surface area (Å²) in [4.78, 5) is 0. The minimum atomic E-state index is -0.534. The molecule has 48 valence electrons. The predicted molar refractivity (Wildman–Crippen MR) is 39.3 cm³/mol. The van der Waals surface area contributed by atoms with Gasteiger partial charge in [0.25, 0.3) is 0 Å². The Hall–Kier alpha value is 0.390. The van der Waals surface area contributed by atoms with Crippen LogP contribution in [0.25, 0.3) is 0 Å². The maximum atomic E-state index is 5.11. The molecule has 1 aliphatic rings. The average Bonchev–Trinajstić information content (AvgIpc) is 2.12. The third kappa shape index (κ3) is 2.64. The Kier molecular flexibility index (Phi) is 1.60. The van der Waals surface area contributed by atoms with Gasteiger partial charge in [0, 0.05) is 27.3 Å². The molecule has 1 nitrogen and oxygen atoms in total. The third-order valence-electron chi connectivity index (χ3n) is 1.15. The lowest BCUT2D eigenvalue weighted by atomic mass is 10.6. The van der Waals surface area contributed by atoms with E-state index >= 15 is 0 Å². The van der Waals surface area contributed by atoms with Crippen molar-refractivity contribution in [3.63, 3.8) is 0 Å². The van der Waals surface area contributed by atoms with E-state index in [2.05, 4.69) is 20.0 Å². The van der Waals surface area contributed by atoms with Crippen LogP contribution in [-0.4, -0.2) is 38.9 Å². The molecule has 0 aromatic rings. The largest absolute Gasteiger partial charge is 0.369 e. The van der Waals surface area contributed by atoms with Gasteiger partial charge in [0.05, 0.1) is 12.8 Å². The van der Waals surface area contributed by atoms with Gasteiger partial charge in [-0.15, -0.1) is 0 Å². The summed E-state index contributed by atoms with van der Waals surface area (Å²) in [5.41, 5.74) is 0. The summed E-state index contributed by atoms with van der Waals surface area (Å²) < 4.78 is 5.11. The summed E-state index contributed by atoms with van der Waals surface area (Å²) in [6.07, 6.45) is 1.97. The van der Waals surface area contributed by atoms with E-state index in [0.29, 0.717) is 6.10 Å². The van der Waals surface area contributed by atoms with Gasteiger partial charge in [0.2, 0.25) is 0 Å². The number of rotatable bonds is 2. The Morgan fingerprint density at radius 2 is 2.00 bits per heavy atom. The van der Waals surface area contributed by atoms with Crippen LogP contribution in [0.1, 0.15) is 0 Å². The fourth-order valence-electron chi connectivity index (χ4n) is 0.784. The number of epoxide rings is 1. The second-order valence-corrected chi connectivity index (χ2v) is 8.37. The zero-order valence-corrected chi connectivity index (χ0v) is 6.74. The zero-order valence-electron chi connectivity index (χ0n) is 5.85. The molecule has 0 bridgehead atoms. The van der Waals surface area contributed by atoms with E-state index in [1.54, 1.807) is 0 Å². The van der Waals surface area contributed by atoms with Gasteiger partial charge in [-0.05, 0) is 0 Å². The molecule has 0 aromatic carbocycles. The Morgan fingerprint density at radius 1 is 1.50 bits per heavy atom. The minimum Gasteiger partial charge on any atom is -0.369 e. The molecule has 1 rings (SSSR count). The lowest BCUT2D eigenvalue weighted by molar-refractivity contribution is 0.425. The normalized spacial score (nSPS) is 28.1. The first-order chi connectivity index (χ1) is 3.58. The molecular formula is C6H14OP+. The number of hydrogen-bond donors (Lipinski definition) is 0. The maximum absolute atomic E-state index is 5.11. The van der Waals surface area contributed by atoms with Crippen LogP contribution in [0.5, 0.6) is 0 Å². The quantitative estimate of drug-likeness (QED) is 0.408. The molecule has 1 atom stereocenters. The summed E-state index contributed by atoms with van der Waals surface area (Å²) in [6, 6.07) is 0. The summed E-state index contributed by atoms with van der Waals surface area (Å²) in [5, 5.41) is 0. The molecule has 0 aliphatic carbocycles. The Balaban J connectivity index is 2.16. The van der Waals surface area contributed by atoms with Crippen LogP contribution in [0.4, 0.5) is 0 Å². The van der Waals surface area contributed by atoms with Crippen molar-refractivity contribution in [2.45, 2.75) is 6.10 Å². The monoisotopic (exact) mass is 133 g/mol. The lowest BCUT2D eigenvalue weighted by Gasteiger charge is -2.07. The van der Waals surface area contributed by atoms with E-state index in [1.165, 1.54) is 6.16 Å². The Labute approximate surface area is 51.8 Å². The van der Waals surface area contributed by atoms with Crippen molar-refractivity contribution in [3.8, 4) is 0 Å². The van der Waals surface area contributed by atoms with Gasteiger partial charge in [-0.2, -0.15) is 0 Å². The van der Waals surface area contributed by atoms with Gasteiger partial charge >= 0.3 is 0 Å². The molecule has 1 heterocycles. The van der Waals surface area contributed by atoms with E-state index in [4.69, 9.17) is 4.74 Å². The zero-order chi connectivity index (χ0) is 6.20. The fraction of sp³-hybridized carbons (Fsp3) is 1.00. The SMILES string of the molecule is C[P+](C)(C)CC1CO1. The van der Waals surface area contributed by atoms with Crippen molar-refractivity contribution >= 4 is 7.26 Å². The molecule has 1 unspecified atom stereocenters. The highest BCUT2D eigenvalue weighted by atomic mass is 31.2. The Bertz CT molecular complexity index is 81.0. The Morgan fingerprint density at radius 3 is 2.12 bits per heavy atom. The van der Waals surface area contributed by atoms with Crippen molar-refractivity contribution in [3.05, 3.63) is 0 Å². The fourth-order valence-corrected chi connectivity index (χ4v) is 2.22. The van der Waals surface area contributed by atoms with E-state index in [9.17, 15) is 0 Å². The topological polar surface area (TPSA) is 12.5 Å². The third-order valence-corrected chi connectivity index (χ3v) is 2.66. The van der Waals surface area contributed by atoms with Crippen LogP contribution in [0, 0.1) is 0 Å². The standard InChI is InChI=1S/C6H14OP/c1-8(2,3)5-6-4-7-6/h6H,4-5H2,1-3H3/q+1. The van der Waals surface area contributed by atoms with Crippen molar-refractivity contribution in [2.75, 3.05) is 32.8 Å². The molecule has 0 aromatic heterocycles. The van der Waals surface area contributed by atoms with Crippen LogP contribution >= 0.6 is 7.26 Å². The van der Waals surface area contributed by atoms with Crippen molar-refractivity contribution in [1.29, 1.82) is 0 Å². The second kappa shape index (κ2) is 1.97. The molecule has 0 radical (unpaired) electrons. The number of ether oxygens (including phenoxy) is 1. The smallest absolute Gasteiger partial charge is 0.114 e. The van der Waals surface area contributed by atoms with Crippen molar-refractivity contribution in [1.82, 2.24) is 0 Å². The summed E-state index contributed by atoms with van der Waals surface area (Å²) in [6.45, 7) is 8.09. The molecule has 1 saturated heterocycles. The van der Waals surface area contributed by atoms with Crippen LogP contribution in [0.3, 0.4) is 0 Å². The molecular weight excluding hydrogens is 119 g/mol. The highest BCUT2D eigenvalue weighted by molar-refractivity contribution is 7.73. The molecule has 0 amide bonds. The summed E-state index contributed by atoms with van der Waals surface area (Å²) in [5.74, 6) is 0. The highest BCUT2D eigenvalue weighted by Crippen LogP contribution is 2.48. The van der Waals surface area contributed by atoms with Crippen molar-refractivity contribution in [2.24, 2.45) is 0 Å². The van der Waals surface area contributed by atoms with E-state index in [1.807, 2.05) is 0 Å². The first-order valence-electron chi connectivity index (χ1n) is 3.00. The number of hydrogen-bond acceptors (Lipinski definition) is 1. The predicted octanol–water partition coefficient (Wildman–Crippen LogP) is 1.29. The van der Waals surface area contributed by atoms with E-state index in [-0.39, 0.29) is 0 Å². The van der Waals surface area contributed by atoms with Gasteiger partial charge in [-0.25, -0.2) is 0 Å². The molecule has 0 spiro atoms. The van der Waals surface area contributed by atoms with Gasteiger partial charge in [0.15, 0.2) is 0 Å². The molecule has 1 aliphatic heterocycles. The van der Waals surface area contributed by atoms with Gasteiger partial charge < -0.3 is 4.74 Å². The van der Waals surface area contributed by atoms with Crippen LogP contribution in [0.2, 0.25) is 0 Å². The van der Waals surface area contributed by atoms with Crippen molar-refractivity contribution < 1.29 is 4.74 Å². The molecule has 0 saturated carbocycles. The first-order valence-corrected chi connectivity index (χ1v) is 6.31. The summed E-state index contributed by atoms with van der Waals surface area (Å²) >= 11 is 0. The average molecular weight is 133 g/mol. The molecule has 8 heavy (non-hydrogen) atoms.